The number of amides is 3. The maximum absolute atomic E-state index is 12.6. The molecule has 2 unspecified atom stereocenters. The first kappa shape index (κ1) is 19.5. The summed E-state index contributed by atoms with van der Waals surface area (Å²) in [4.78, 5) is 24.0. The maximum atomic E-state index is 12.6. The molecule has 0 aromatic heterocycles. The standard InChI is InChI=1S/C18H26N4O2.ClH/c1-20-18(24)22-15-7-3-6-14(10-15)21-17(23)13-8-11-4-2-5-12(9-13)16(11)19;/h3,6-7,10-13,16H,2,4-5,8-9,19H2,1H3,(H,21,23)(H2,20,22,24);1H. The van der Waals surface area contributed by atoms with E-state index in [-0.39, 0.29) is 36.3 Å². The summed E-state index contributed by atoms with van der Waals surface area (Å²) in [5.41, 5.74) is 7.65. The molecule has 1 aromatic rings. The van der Waals surface area contributed by atoms with Gasteiger partial charge in [0.25, 0.3) is 0 Å². The number of rotatable bonds is 3. The van der Waals surface area contributed by atoms with Crippen LogP contribution in [-0.2, 0) is 4.79 Å². The van der Waals surface area contributed by atoms with E-state index in [9.17, 15) is 9.59 Å². The smallest absolute Gasteiger partial charge is 0.318 e. The number of benzene rings is 1. The van der Waals surface area contributed by atoms with Crippen molar-refractivity contribution in [1.82, 2.24) is 5.32 Å². The van der Waals surface area contributed by atoms with Crippen molar-refractivity contribution in [3.63, 3.8) is 0 Å². The first-order valence-electron chi connectivity index (χ1n) is 8.72. The van der Waals surface area contributed by atoms with Gasteiger partial charge in [0.15, 0.2) is 0 Å². The number of fused-ring (bicyclic) bond motifs is 2. The van der Waals surface area contributed by atoms with Gasteiger partial charge >= 0.3 is 6.03 Å². The first-order valence-corrected chi connectivity index (χ1v) is 8.72. The van der Waals surface area contributed by atoms with Crippen LogP contribution < -0.4 is 21.7 Å². The Bertz CT molecular complexity index is 611. The lowest BCUT2D eigenvalue weighted by molar-refractivity contribution is -0.122. The third-order valence-corrected chi connectivity index (χ3v) is 5.40. The Morgan fingerprint density at radius 2 is 1.68 bits per heavy atom. The molecule has 2 aliphatic carbocycles. The Labute approximate surface area is 154 Å². The average Bonchev–Trinajstić information content (AvgIpc) is 2.54. The summed E-state index contributed by atoms with van der Waals surface area (Å²) < 4.78 is 0. The van der Waals surface area contributed by atoms with Crippen LogP contribution in [0.2, 0.25) is 0 Å². The van der Waals surface area contributed by atoms with E-state index >= 15 is 0 Å². The molecule has 0 radical (unpaired) electrons. The largest absolute Gasteiger partial charge is 0.341 e. The highest BCUT2D eigenvalue weighted by atomic mass is 35.5. The zero-order valence-corrected chi connectivity index (χ0v) is 15.3. The third-order valence-electron chi connectivity index (χ3n) is 5.40. The van der Waals surface area contributed by atoms with Crippen LogP contribution in [0.5, 0.6) is 0 Å². The van der Waals surface area contributed by atoms with E-state index in [1.807, 2.05) is 12.1 Å². The van der Waals surface area contributed by atoms with Gasteiger partial charge in [-0.1, -0.05) is 12.5 Å². The molecule has 2 bridgehead atoms. The van der Waals surface area contributed by atoms with Crippen LogP contribution >= 0.6 is 12.4 Å². The fraction of sp³-hybridized carbons (Fsp3) is 0.556. The van der Waals surface area contributed by atoms with Crippen LogP contribution in [-0.4, -0.2) is 25.0 Å². The highest BCUT2D eigenvalue weighted by Crippen LogP contribution is 2.42. The van der Waals surface area contributed by atoms with E-state index in [1.165, 1.54) is 6.42 Å². The molecule has 6 nitrogen and oxygen atoms in total. The minimum atomic E-state index is -0.285. The second-order valence-electron chi connectivity index (χ2n) is 6.97. The van der Waals surface area contributed by atoms with Crippen LogP contribution in [0.3, 0.4) is 0 Å². The van der Waals surface area contributed by atoms with Gasteiger partial charge in [-0.25, -0.2) is 4.79 Å². The lowest BCUT2D eigenvalue weighted by Crippen LogP contribution is -2.48. The molecule has 3 amide bonds. The molecule has 0 spiro atoms. The SMILES string of the molecule is CNC(=O)Nc1cccc(NC(=O)C2CC3CCCC(C2)C3N)c1.Cl. The van der Waals surface area contributed by atoms with Crippen molar-refractivity contribution in [2.45, 2.75) is 38.1 Å². The van der Waals surface area contributed by atoms with Gasteiger partial charge in [0, 0.05) is 30.4 Å². The second-order valence-corrected chi connectivity index (χ2v) is 6.97. The summed E-state index contributed by atoms with van der Waals surface area (Å²) >= 11 is 0. The molecule has 3 rings (SSSR count). The fourth-order valence-electron chi connectivity index (χ4n) is 4.12. The molecular weight excluding hydrogens is 340 g/mol. The van der Waals surface area contributed by atoms with Gasteiger partial charge in [-0.3, -0.25) is 4.79 Å². The normalized spacial score (nSPS) is 27.6. The highest BCUT2D eigenvalue weighted by molar-refractivity contribution is 5.94. The molecular formula is C18H27ClN4O2. The van der Waals surface area contributed by atoms with E-state index in [0.717, 1.165) is 25.7 Å². The van der Waals surface area contributed by atoms with E-state index in [1.54, 1.807) is 19.2 Å². The Hall–Kier alpha value is -1.79. The highest BCUT2D eigenvalue weighted by Gasteiger charge is 2.40. The van der Waals surface area contributed by atoms with Gasteiger partial charge in [0.2, 0.25) is 5.91 Å². The maximum Gasteiger partial charge on any atom is 0.318 e. The minimum Gasteiger partial charge on any atom is -0.341 e. The summed E-state index contributed by atoms with van der Waals surface area (Å²) in [6.07, 6.45) is 5.31. The summed E-state index contributed by atoms with van der Waals surface area (Å²) in [5, 5.41) is 8.20. The number of halogens is 1. The molecule has 5 N–H and O–H groups in total. The van der Waals surface area contributed by atoms with Crippen LogP contribution in [0.4, 0.5) is 16.2 Å². The molecule has 0 aliphatic heterocycles. The monoisotopic (exact) mass is 366 g/mol. The molecule has 1 aromatic carbocycles. The number of nitrogens with one attached hydrogen (secondary N) is 3. The number of urea groups is 1. The molecule has 7 heteroatoms. The Morgan fingerprint density at radius 1 is 1.08 bits per heavy atom. The van der Waals surface area contributed by atoms with Gasteiger partial charge in [0.05, 0.1) is 0 Å². The number of nitrogens with two attached hydrogens (primary N) is 1. The summed E-state index contributed by atoms with van der Waals surface area (Å²) in [6, 6.07) is 7.18. The average molecular weight is 367 g/mol. The molecule has 25 heavy (non-hydrogen) atoms. The number of carbonyl (C=O) groups excluding carboxylic acids is 2. The van der Waals surface area contributed by atoms with Crippen LogP contribution in [0.1, 0.15) is 32.1 Å². The summed E-state index contributed by atoms with van der Waals surface area (Å²) in [7, 11) is 1.56. The summed E-state index contributed by atoms with van der Waals surface area (Å²) in [5.74, 6) is 1.07. The topological polar surface area (TPSA) is 96.2 Å². The predicted octanol–water partition coefficient (Wildman–Crippen LogP) is 2.95. The van der Waals surface area contributed by atoms with Gasteiger partial charge in [-0.15, -0.1) is 12.4 Å². The summed E-state index contributed by atoms with van der Waals surface area (Å²) in [6.45, 7) is 0. The molecule has 2 aliphatic rings. The van der Waals surface area contributed by atoms with E-state index in [4.69, 9.17) is 5.73 Å². The minimum absolute atomic E-state index is 0. The van der Waals surface area contributed by atoms with Gasteiger partial charge in [-0.2, -0.15) is 0 Å². The van der Waals surface area contributed by atoms with Gasteiger partial charge in [-0.05, 0) is 55.7 Å². The third kappa shape index (κ3) is 4.64. The van der Waals surface area contributed by atoms with E-state index < -0.39 is 0 Å². The molecule has 0 heterocycles. The van der Waals surface area contributed by atoms with Crippen molar-refractivity contribution in [2.24, 2.45) is 23.5 Å². The Kier molecular flexibility index (Phi) is 6.67. The van der Waals surface area contributed by atoms with Crippen molar-refractivity contribution in [1.29, 1.82) is 0 Å². The van der Waals surface area contributed by atoms with Gasteiger partial charge < -0.3 is 21.7 Å². The lowest BCUT2D eigenvalue weighted by Gasteiger charge is -2.43. The van der Waals surface area contributed by atoms with Crippen LogP contribution in [0, 0.1) is 17.8 Å². The molecule has 2 fully saturated rings. The lowest BCUT2D eigenvalue weighted by atomic mass is 9.65. The fourth-order valence-corrected chi connectivity index (χ4v) is 4.12. The zero-order chi connectivity index (χ0) is 17.1. The predicted molar refractivity (Wildman–Crippen MR) is 102 cm³/mol. The van der Waals surface area contributed by atoms with Crippen molar-refractivity contribution >= 4 is 35.7 Å². The molecule has 2 saturated carbocycles. The van der Waals surface area contributed by atoms with Crippen molar-refractivity contribution in [3.05, 3.63) is 24.3 Å². The zero-order valence-electron chi connectivity index (χ0n) is 14.5. The number of anilines is 2. The second kappa shape index (κ2) is 8.54. The van der Waals surface area contributed by atoms with E-state index in [2.05, 4.69) is 16.0 Å². The molecule has 0 saturated heterocycles. The van der Waals surface area contributed by atoms with E-state index in [0.29, 0.717) is 23.2 Å². The van der Waals surface area contributed by atoms with Gasteiger partial charge in [0.1, 0.15) is 0 Å². The molecule has 2 atom stereocenters. The molecule has 138 valence electrons. The number of carbonyl (C=O) groups is 2. The van der Waals surface area contributed by atoms with Crippen molar-refractivity contribution in [3.8, 4) is 0 Å². The van der Waals surface area contributed by atoms with Crippen molar-refractivity contribution in [2.75, 3.05) is 17.7 Å². The Morgan fingerprint density at radius 3 is 2.28 bits per heavy atom. The van der Waals surface area contributed by atoms with Crippen LogP contribution in [0.25, 0.3) is 0 Å². The van der Waals surface area contributed by atoms with Crippen molar-refractivity contribution < 1.29 is 9.59 Å². The quantitative estimate of drug-likeness (QED) is 0.662. The van der Waals surface area contributed by atoms with Crippen LogP contribution in [0.15, 0.2) is 24.3 Å². The first-order chi connectivity index (χ1) is 11.6. The number of hydrogen-bond acceptors (Lipinski definition) is 3. The Balaban J connectivity index is 0.00000225. The number of hydrogen-bond donors (Lipinski definition) is 4.